The smallest absolute Gasteiger partial charge is 0.228 e. The number of aromatic nitrogens is 5. The van der Waals surface area contributed by atoms with E-state index in [4.69, 9.17) is 11.6 Å². The lowest BCUT2D eigenvalue weighted by Crippen LogP contribution is -2.14. The molecule has 0 aliphatic heterocycles. The van der Waals surface area contributed by atoms with E-state index in [2.05, 4.69) is 30.7 Å². The molecule has 19 heavy (non-hydrogen) atoms. The van der Waals surface area contributed by atoms with Gasteiger partial charge in [0.15, 0.2) is 0 Å². The van der Waals surface area contributed by atoms with Gasteiger partial charge in [-0.3, -0.25) is 4.68 Å². The fraction of sp³-hybridized carbons (Fsp3) is 0.455. The van der Waals surface area contributed by atoms with Gasteiger partial charge in [-0.1, -0.05) is 0 Å². The summed E-state index contributed by atoms with van der Waals surface area (Å²) in [5, 5.41) is 10.5. The van der Waals surface area contributed by atoms with E-state index in [9.17, 15) is 0 Å². The van der Waals surface area contributed by atoms with Crippen molar-refractivity contribution in [1.29, 1.82) is 0 Å². The third-order valence-corrected chi connectivity index (χ3v) is 2.50. The van der Waals surface area contributed by atoms with E-state index in [1.807, 2.05) is 30.9 Å². The SMILES string of the molecule is CCNc1nc(Cl)nc(NCCn2cc(C)cn2)n1. The van der Waals surface area contributed by atoms with Gasteiger partial charge in [0.05, 0.1) is 12.7 Å². The van der Waals surface area contributed by atoms with E-state index in [1.165, 1.54) is 0 Å². The molecule has 2 aromatic heterocycles. The molecule has 0 aliphatic carbocycles. The third kappa shape index (κ3) is 4.06. The lowest BCUT2D eigenvalue weighted by atomic mass is 10.4. The molecule has 0 aliphatic rings. The van der Waals surface area contributed by atoms with Crippen LogP contribution in [0.25, 0.3) is 0 Å². The van der Waals surface area contributed by atoms with E-state index >= 15 is 0 Å². The number of hydrogen-bond acceptors (Lipinski definition) is 6. The van der Waals surface area contributed by atoms with E-state index in [0.717, 1.165) is 18.7 Å². The van der Waals surface area contributed by atoms with Crippen molar-refractivity contribution < 1.29 is 0 Å². The van der Waals surface area contributed by atoms with Crippen LogP contribution in [0.3, 0.4) is 0 Å². The molecule has 0 atom stereocenters. The minimum atomic E-state index is 0.170. The van der Waals surface area contributed by atoms with Gasteiger partial charge in [-0.05, 0) is 31.0 Å². The van der Waals surface area contributed by atoms with E-state index in [-0.39, 0.29) is 5.28 Å². The number of anilines is 2. The normalized spacial score (nSPS) is 10.5. The highest BCUT2D eigenvalue weighted by Gasteiger charge is 2.03. The molecule has 2 heterocycles. The lowest BCUT2D eigenvalue weighted by Gasteiger charge is -2.07. The van der Waals surface area contributed by atoms with Crippen molar-refractivity contribution in [2.24, 2.45) is 0 Å². The van der Waals surface area contributed by atoms with Crippen LogP contribution < -0.4 is 10.6 Å². The molecule has 0 spiro atoms. The number of nitrogens with one attached hydrogen (secondary N) is 2. The van der Waals surface area contributed by atoms with Crippen molar-refractivity contribution in [2.75, 3.05) is 23.7 Å². The first-order valence-electron chi connectivity index (χ1n) is 6.05. The molecule has 2 aromatic rings. The number of nitrogens with zero attached hydrogens (tertiary/aromatic N) is 5. The van der Waals surface area contributed by atoms with Crippen molar-refractivity contribution in [1.82, 2.24) is 24.7 Å². The Morgan fingerprint density at radius 3 is 2.58 bits per heavy atom. The molecule has 2 rings (SSSR count). The van der Waals surface area contributed by atoms with Crippen molar-refractivity contribution in [3.05, 3.63) is 23.2 Å². The van der Waals surface area contributed by atoms with E-state index in [0.29, 0.717) is 18.4 Å². The van der Waals surface area contributed by atoms with Gasteiger partial charge < -0.3 is 10.6 Å². The largest absolute Gasteiger partial charge is 0.354 e. The summed E-state index contributed by atoms with van der Waals surface area (Å²) in [5.74, 6) is 0.930. The standard InChI is InChI=1S/C11H16ClN7/c1-3-13-10-16-9(12)17-11(18-10)14-4-5-19-7-8(2)6-15-19/h6-7H,3-5H2,1-2H3,(H2,13,14,16,17,18). The third-order valence-electron chi connectivity index (χ3n) is 2.33. The van der Waals surface area contributed by atoms with Gasteiger partial charge >= 0.3 is 0 Å². The van der Waals surface area contributed by atoms with Gasteiger partial charge in [0.2, 0.25) is 17.2 Å². The Morgan fingerprint density at radius 1 is 1.21 bits per heavy atom. The Bertz CT molecular complexity index is 540. The summed E-state index contributed by atoms with van der Waals surface area (Å²) in [6.07, 6.45) is 3.80. The molecule has 0 amide bonds. The van der Waals surface area contributed by atoms with Gasteiger partial charge in [-0.2, -0.15) is 20.1 Å². The molecule has 0 saturated carbocycles. The highest BCUT2D eigenvalue weighted by Crippen LogP contribution is 2.09. The second kappa shape index (κ2) is 6.33. The quantitative estimate of drug-likeness (QED) is 0.837. The van der Waals surface area contributed by atoms with Gasteiger partial charge in [-0.15, -0.1) is 0 Å². The Labute approximate surface area is 116 Å². The van der Waals surface area contributed by atoms with Gasteiger partial charge in [-0.25, -0.2) is 0 Å². The molecule has 2 N–H and O–H groups in total. The maximum atomic E-state index is 5.83. The van der Waals surface area contributed by atoms with Gasteiger partial charge in [0.1, 0.15) is 0 Å². The molecule has 0 saturated heterocycles. The Hall–Kier alpha value is -1.89. The molecule has 7 nitrogen and oxygen atoms in total. The summed E-state index contributed by atoms with van der Waals surface area (Å²) in [7, 11) is 0. The second-order valence-electron chi connectivity index (χ2n) is 3.99. The van der Waals surface area contributed by atoms with Crippen LogP contribution in [0, 0.1) is 6.92 Å². The maximum Gasteiger partial charge on any atom is 0.228 e. The van der Waals surface area contributed by atoms with Crippen molar-refractivity contribution in [3.63, 3.8) is 0 Å². The zero-order valence-electron chi connectivity index (χ0n) is 10.9. The molecule has 0 radical (unpaired) electrons. The zero-order valence-corrected chi connectivity index (χ0v) is 11.6. The maximum absolute atomic E-state index is 5.83. The average Bonchev–Trinajstić information content (AvgIpc) is 2.75. The molecule has 102 valence electrons. The van der Waals surface area contributed by atoms with Crippen molar-refractivity contribution in [2.45, 2.75) is 20.4 Å². The Balaban J connectivity index is 1.91. The lowest BCUT2D eigenvalue weighted by molar-refractivity contribution is 0.635. The molecule has 8 heteroatoms. The minimum Gasteiger partial charge on any atom is -0.354 e. The van der Waals surface area contributed by atoms with E-state index in [1.54, 1.807) is 0 Å². The number of rotatable bonds is 6. The highest BCUT2D eigenvalue weighted by atomic mass is 35.5. The summed E-state index contributed by atoms with van der Waals surface area (Å²) in [5.41, 5.74) is 1.14. The van der Waals surface area contributed by atoms with E-state index < -0.39 is 0 Å². The van der Waals surface area contributed by atoms with Crippen LogP contribution in [0.5, 0.6) is 0 Å². The molecule has 0 aromatic carbocycles. The predicted molar refractivity (Wildman–Crippen MR) is 74.5 cm³/mol. The molecule has 0 fully saturated rings. The summed E-state index contributed by atoms with van der Waals surface area (Å²) in [6.45, 7) is 6.09. The van der Waals surface area contributed by atoms with Crippen LogP contribution in [0.15, 0.2) is 12.4 Å². The summed E-state index contributed by atoms with van der Waals surface area (Å²) in [4.78, 5) is 12.2. The minimum absolute atomic E-state index is 0.170. The first-order valence-corrected chi connectivity index (χ1v) is 6.43. The van der Waals surface area contributed by atoms with Crippen LogP contribution in [0.1, 0.15) is 12.5 Å². The number of halogens is 1. The highest BCUT2D eigenvalue weighted by molar-refractivity contribution is 6.28. The molecular formula is C11H16ClN7. The summed E-state index contributed by atoms with van der Waals surface area (Å²) < 4.78 is 1.86. The second-order valence-corrected chi connectivity index (χ2v) is 4.33. The number of hydrogen-bond donors (Lipinski definition) is 2. The van der Waals surface area contributed by atoms with Crippen molar-refractivity contribution in [3.8, 4) is 0 Å². The zero-order chi connectivity index (χ0) is 13.7. The first kappa shape index (κ1) is 13.5. The first-order chi connectivity index (χ1) is 9.17. The molecular weight excluding hydrogens is 266 g/mol. The fourth-order valence-electron chi connectivity index (χ4n) is 1.54. The fourth-order valence-corrected chi connectivity index (χ4v) is 1.70. The summed E-state index contributed by atoms with van der Waals surface area (Å²) in [6, 6.07) is 0. The van der Waals surface area contributed by atoms with Gasteiger partial charge in [0.25, 0.3) is 0 Å². The topological polar surface area (TPSA) is 80.5 Å². The van der Waals surface area contributed by atoms with Crippen LogP contribution >= 0.6 is 11.6 Å². The Morgan fingerprint density at radius 2 is 1.95 bits per heavy atom. The number of aryl methyl sites for hydroxylation is 1. The molecule has 0 bridgehead atoms. The van der Waals surface area contributed by atoms with Gasteiger partial charge in [0, 0.05) is 19.3 Å². The monoisotopic (exact) mass is 281 g/mol. The van der Waals surface area contributed by atoms with Crippen molar-refractivity contribution >= 4 is 23.5 Å². The van der Waals surface area contributed by atoms with Crippen LogP contribution in [-0.4, -0.2) is 37.8 Å². The Kier molecular flexibility index (Phi) is 4.51. The average molecular weight is 282 g/mol. The predicted octanol–water partition coefficient (Wildman–Crippen LogP) is 1.57. The van der Waals surface area contributed by atoms with Crippen LogP contribution in [0.2, 0.25) is 5.28 Å². The summed E-state index contributed by atoms with van der Waals surface area (Å²) >= 11 is 5.83. The van der Waals surface area contributed by atoms with Crippen LogP contribution in [0.4, 0.5) is 11.9 Å². The van der Waals surface area contributed by atoms with Crippen LogP contribution in [-0.2, 0) is 6.54 Å². The molecule has 0 unspecified atom stereocenters.